The molecular weight excluding hydrogens is 436 g/mol. The highest BCUT2D eigenvalue weighted by atomic mass is 32.2. The van der Waals surface area contributed by atoms with E-state index in [9.17, 15) is 18.5 Å². The number of sulfonamides is 1. The molecule has 0 fully saturated rings. The Hall–Kier alpha value is -4.22. The summed E-state index contributed by atoms with van der Waals surface area (Å²) in [4.78, 5) is 18.1. The molecule has 2 aromatic carbocycles. The number of nitrogens with zero attached hydrogens (tertiary/aromatic N) is 3. The molecule has 8 heteroatoms. The van der Waals surface area contributed by atoms with E-state index in [4.69, 9.17) is 0 Å². The van der Waals surface area contributed by atoms with Crippen LogP contribution in [0.1, 0.15) is 11.1 Å². The molecule has 0 amide bonds. The van der Waals surface area contributed by atoms with E-state index < -0.39 is 10.0 Å². The Morgan fingerprint density at radius 3 is 2.45 bits per heavy atom. The van der Waals surface area contributed by atoms with E-state index in [0.717, 1.165) is 6.26 Å². The fourth-order valence-electron chi connectivity index (χ4n) is 3.64. The number of rotatable bonds is 5. The maximum atomic E-state index is 13.7. The highest BCUT2D eigenvalue weighted by Crippen LogP contribution is 2.28. The van der Waals surface area contributed by atoms with E-state index in [-0.39, 0.29) is 5.56 Å². The van der Waals surface area contributed by atoms with Gasteiger partial charge in [0.05, 0.1) is 35.0 Å². The molecule has 0 aliphatic rings. The average molecular weight is 457 g/mol. The van der Waals surface area contributed by atoms with Gasteiger partial charge in [0.2, 0.25) is 10.0 Å². The Morgan fingerprint density at radius 2 is 1.76 bits per heavy atom. The van der Waals surface area contributed by atoms with Crippen molar-refractivity contribution in [2.75, 3.05) is 11.0 Å². The van der Waals surface area contributed by atoms with E-state index in [2.05, 4.69) is 15.8 Å². The maximum Gasteiger partial charge on any atom is 0.263 e. The Bertz CT molecular complexity index is 1550. The number of hydrogen-bond donors (Lipinski definition) is 1. The predicted octanol–water partition coefficient (Wildman–Crippen LogP) is 4.12. The summed E-state index contributed by atoms with van der Waals surface area (Å²) in [5.74, 6) is 0. The fraction of sp³-hybridized carbons (Fsp3) is 0.0800. The van der Waals surface area contributed by atoms with Crippen LogP contribution in [0.3, 0.4) is 0 Å². The second kappa shape index (κ2) is 8.73. The van der Waals surface area contributed by atoms with E-state index in [1.165, 1.54) is 4.57 Å². The van der Waals surface area contributed by atoms with Gasteiger partial charge in [0.15, 0.2) is 0 Å². The third-order valence-corrected chi connectivity index (χ3v) is 5.77. The Balaban J connectivity index is 2.03. The SMILES string of the molecule is Cc1c(NS(C)(=O)=O)cccc1-n1cc(-c2ccccn2)cc(-c2ccccc2C#N)c1=O. The third-order valence-electron chi connectivity index (χ3n) is 5.18. The van der Waals surface area contributed by atoms with Gasteiger partial charge in [0, 0.05) is 29.1 Å². The van der Waals surface area contributed by atoms with Crippen LogP contribution in [0.25, 0.3) is 28.1 Å². The molecule has 2 heterocycles. The molecule has 0 aliphatic heterocycles. The number of nitrogens with one attached hydrogen (secondary N) is 1. The van der Waals surface area contributed by atoms with Crippen LogP contribution in [0.4, 0.5) is 5.69 Å². The summed E-state index contributed by atoms with van der Waals surface area (Å²) in [5.41, 5.74) is 3.72. The Kier molecular flexibility index (Phi) is 5.82. The third kappa shape index (κ3) is 4.54. The summed E-state index contributed by atoms with van der Waals surface area (Å²) in [6.45, 7) is 1.74. The molecular formula is C25H20N4O3S. The summed E-state index contributed by atoms with van der Waals surface area (Å²) in [7, 11) is -3.50. The molecule has 0 bridgehead atoms. The topological polar surface area (TPSA) is 105 Å². The maximum absolute atomic E-state index is 13.7. The van der Waals surface area contributed by atoms with Gasteiger partial charge in [-0.05, 0) is 48.9 Å². The lowest BCUT2D eigenvalue weighted by atomic mass is 9.99. The van der Waals surface area contributed by atoms with E-state index in [1.807, 2.05) is 12.1 Å². The number of hydrogen-bond acceptors (Lipinski definition) is 5. The first-order valence-corrected chi connectivity index (χ1v) is 11.9. The van der Waals surface area contributed by atoms with Crippen molar-refractivity contribution in [1.29, 1.82) is 5.26 Å². The molecule has 4 aromatic rings. The summed E-state index contributed by atoms with van der Waals surface area (Å²) in [5, 5.41) is 9.60. The quantitative estimate of drug-likeness (QED) is 0.486. The van der Waals surface area contributed by atoms with Crippen LogP contribution in [-0.2, 0) is 10.0 Å². The lowest BCUT2D eigenvalue weighted by Crippen LogP contribution is -2.22. The summed E-state index contributed by atoms with van der Waals surface area (Å²) in [6, 6.07) is 21.3. The van der Waals surface area contributed by atoms with E-state index in [1.54, 1.807) is 73.9 Å². The van der Waals surface area contributed by atoms with Crippen LogP contribution in [0.2, 0.25) is 0 Å². The predicted molar refractivity (Wildman–Crippen MR) is 129 cm³/mol. The van der Waals surface area contributed by atoms with Crippen LogP contribution in [-0.4, -0.2) is 24.2 Å². The lowest BCUT2D eigenvalue weighted by Gasteiger charge is -2.17. The minimum absolute atomic E-state index is 0.336. The van der Waals surface area contributed by atoms with Gasteiger partial charge in [-0.25, -0.2) is 8.42 Å². The number of pyridine rings is 2. The van der Waals surface area contributed by atoms with Crippen LogP contribution in [0.15, 0.2) is 83.9 Å². The highest BCUT2D eigenvalue weighted by Gasteiger charge is 2.17. The van der Waals surface area contributed by atoms with E-state index >= 15 is 0 Å². The molecule has 33 heavy (non-hydrogen) atoms. The Morgan fingerprint density at radius 1 is 1.00 bits per heavy atom. The highest BCUT2D eigenvalue weighted by molar-refractivity contribution is 7.92. The molecule has 4 rings (SSSR count). The van der Waals surface area contributed by atoms with Crippen molar-refractivity contribution < 1.29 is 8.42 Å². The molecule has 0 atom stereocenters. The molecule has 164 valence electrons. The molecule has 0 unspecified atom stereocenters. The van der Waals surface area contributed by atoms with Crippen LogP contribution < -0.4 is 10.3 Å². The van der Waals surface area contributed by atoms with Gasteiger partial charge >= 0.3 is 0 Å². The van der Waals surface area contributed by atoms with Crippen molar-refractivity contribution >= 4 is 15.7 Å². The molecule has 0 spiro atoms. The van der Waals surface area contributed by atoms with Crippen molar-refractivity contribution in [2.24, 2.45) is 0 Å². The molecule has 7 nitrogen and oxygen atoms in total. The molecule has 0 radical (unpaired) electrons. The first kappa shape index (κ1) is 22.0. The average Bonchev–Trinajstić information content (AvgIpc) is 2.80. The normalized spacial score (nSPS) is 11.1. The summed E-state index contributed by atoms with van der Waals surface area (Å²) >= 11 is 0. The van der Waals surface area contributed by atoms with Gasteiger partial charge in [-0.2, -0.15) is 5.26 Å². The smallest absolute Gasteiger partial charge is 0.263 e. The Labute approximate surface area is 191 Å². The zero-order chi connectivity index (χ0) is 23.6. The number of aromatic nitrogens is 2. The minimum Gasteiger partial charge on any atom is -0.283 e. The van der Waals surface area contributed by atoms with Crippen LogP contribution in [0.5, 0.6) is 0 Å². The summed E-state index contributed by atoms with van der Waals surface area (Å²) < 4.78 is 27.6. The van der Waals surface area contributed by atoms with Crippen molar-refractivity contribution in [3.05, 3.63) is 101 Å². The van der Waals surface area contributed by atoms with Crippen molar-refractivity contribution in [3.63, 3.8) is 0 Å². The molecule has 0 saturated carbocycles. The monoisotopic (exact) mass is 456 g/mol. The first-order valence-electron chi connectivity index (χ1n) is 10.0. The van der Waals surface area contributed by atoms with Gasteiger partial charge in [-0.1, -0.05) is 30.3 Å². The van der Waals surface area contributed by atoms with Crippen molar-refractivity contribution in [2.45, 2.75) is 6.92 Å². The molecule has 1 N–H and O–H groups in total. The standard InChI is InChI=1S/C25H20N4O3S/c1-17-22(28-33(2,31)32)11-7-12-24(17)29-16-19(23-10-5-6-13-27-23)14-21(25(29)30)20-9-4-3-8-18(20)15-26/h3-14,16,28H,1-2H3. The molecule has 0 aliphatic carbocycles. The zero-order valence-electron chi connectivity index (χ0n) is 18.0. The number of benzene rings is 2. The van der Waals surface area contributed by atoms with Gasteiger partial charge in [0.25, 0.3) is 5.56 Å². The number of anilines is 1. The second-order valence-corrected chi connectivity index (χ2v) is 9.26. The minimum atomic E-state index is -3.50. The van der Waals surface area contributed by atoms with Crippen LogP contribution in [0, 0.1) is 18.3 Å². The summed E-state index contributed by atoms with van der Waals surface area (Å²) in [6.07, 6.45) is 4.41. The van der Waals surface area contributed by atoms with Gasteiger partial charge < -0.3 is 0 Å². The van der Waals surface area contributed by atoms with Crippen molar-refractivity contribution in [1.82, 2.24) is 9.55 Å². The zero-order valence-corrected chi connectivity index (χ0v) is 18.8. The second-order valence-electron chi connectivity index (χ2n) is 7.51. The number of nitriles is 1. The van der Waals surface area contributed by atoms with Gasteiger partial charge in [-0.15, -0.1) is 0 Å². The fourth-order valence-corrected chi connectivity index (χ4v) is 4.26. The van der Waals surface area contributed by atoms with Gasteiger partial charge in [-0.3, -0.25) is 19.1 Å². The first-order chi connectivity index (χ1) is 15.8. The van der Waals surface area contributed by atoms with Crippen LogP contribution >= 0.6 is 0 Å². The van der Waals surface area contributed by atoms with Gasteiger partial charge in [0.1, 0.15) is 0 Å². The lowest BCUT2D eigenvalue weighted by molar-refractivity contribution is 0.607. The molecule has 2 aromatic heterocycles. The molecule has 0 saturated heterocycles. The van der Waals surface area contributed by atoms with Crippen molar-refractivity contribution in [3.8, 4) is 34.1 Å². The van der Waals surface area contributed by atoms with E-state index in [0.29, 0.717) is 44.9 Å². The largest absolute Gasteiger partial charge is 0.283 e.